The fraction of sp³-hybridized carbons (Fsp3) is 0.464. The van der Waals surface area contributed by atoms with Crippen molar-refractivity contribution in [2.45, 2.75) is 57.1 Å². The summed E-state index contributed by atoms with van der Waals surface area (Å²) in [6.07, 6.45) is 7.76. The van der Waals surface area contributed by atoms with E-state index in [1.165, 1.54) is 6.42 Å². The molecule has 6 rings (SSSR count). The van der Waals surface area contributed by atoms with Gasteiger partial charge in [0.2, 0.25) is 0 Å². The Morgan fingerprint density at radius 3 is 2.54 bits per heavy atom. The molecule has 7 nitrogen and oxygen atoms in total. The van der Waals surface area contributed by atoms with Gasteiger partial charge in [0.15, 0.2) is 0 Å². The lowest BCUT2D eigenvalue weighted by Crippen LogP contribution is -2.18. The smallest absolute Gasteiger partial charge is 0.411 e. The second-order valence-electron chi connectivity index (χ2n) is 10.1. The summed E-state index contributed by atoms with van der Waals surface area (Å²) in [4.78, 5) is 12.1. The molecular weight excluding hydrogens is 442 g/mol. The number of ether oxygens (including phenoxy) is 3. The number of carbonyl (C=O) groups excluding carboxylic acids is 1. The molecule has 1 amide bonds. The zero-order valence-electron chi connectivity index (χ0n) is 20.0. The molecule has 184 valence electrons. The van der Waals surface area contributed by atoms with Crippen molar-refractivity contribution < 1.29 is 19.0 Å². The number of rotatable bonds is 8. The third-order valence-corrected chi connectivity index (χ3v) is 7.47. The minimum atomic E-state index is -0.400. The first-order chi connectivity index (χ1) is 17.2. The van der Waals surface area contributed by atoms with Crippen LogP contribution in [0, 0.1) is 5.92 Å². The van der Waals surface area contributed by atoms with Crippen LogP contribution in [0.2, 0.25) is 0 Å². The Hall–Kier alpha value is -3.19. The number of nitrogen functional groups attached to an aromatic ring is 1. The predicted molar refractivity (Wildman–Crippen MR) is 137 cm³/mol. The zero-order chi connectivity index (χ0) is 23.8. The minimum absolute atomic E-state index is 0.183. The summed E-state index contributed by atoms with van der Waals surface area (Å²) >= 11 is 0. The van der Waals surface area contributed by atoms with Gasteiger partial charge in [0.05, 0.1) is 29.6 Å². The van der Waals surface area contributed by atoms with Crippen LogP contribution in [0.3, 0.4) is 0 Å². The Morgan fingerprint density at radius 1 is 1.03 bits per heavy atom. The molecule has 3 N–H and O–H groups in total. The van der Waals surface area contributed by atoms with E-state index in [-0.39, 0.29) is 6.10 Å². The minimum Gasteiger partial charge on any atom is -0.491 e. The molecule has 1 atom stereocenters. The average molecular weight is 476 g/mol. The normalized spacial score (nSPS) is 20.1. The molecule has 2 aliphatic carbocycles. The van der Waals surface area contributed by atoms with Crippen molar-refractivity contribution in [2.24, 2.45) is 5.92 Å². The van der Waals surface area contributed by atoms with Crippen LogP contribution < -0.4 is 15.8 Å². The molecule has 0 unspecified atom stereocenters. The van der Waals surface area contributed by atoms with Crippen molar-refractivity contribution in [1.82, 2.24) is 4.57 Å². The third-order valence-electron chi connectivity index (χ3n) is 7.47. The summed E-state index contributed by atoms with van der Waals surface area (Å²) in [5, 5.41) is 3.87. The van der Waals surface area contributed by atoms with Crippen molar-refractivity contribution in [3.8, 4) is 17.0 Å². The lowest BCUT2D eigenvalue weighted by molar-refractivity contribution is 0.0680. The molecule has 3 fully saturated rings. The SMILES string of the molecule is Nc1c(-c2ccc(NC(=O)OCC3CC3)cc2)n(C2CCC2)c2cc(OC[C@H]3CCCO3)ccc12. The molecule has 1 saturated heterocycles. The largest absolute Gasteiger partial charge is 0.491 e. The number of amides is 1. The quantitative estimate of drug-likeness (QED) is 0.409. The highest BCUT2D eigenvalue weighted by atomic mass is 16.5. The number of nitrogens with one attached hydrogen (secondary N) is 1. The molecule has 0 radical (unpaired) electrons. The number of aromatic nitrogens is 1. The second-order valence-corrected chi connectivity index (χ2v) is 10.1. The molecule has 3 aliphatic rings. The second kappa shape index (κ2) is 9.46. The number of benzene rings is 2. The molecule has 1 aromatic heterocycles. The van der Waals surface area contributed by atoms with E-state index in [0.29, 0.717) is 30.9 Å². The van der Waals surface area contributed by atoms with E-state index in [4.69, 9.17) is 19.9 Å². The molecule has 2 aromatic carbocycles. The van der Waals surface area contributed by atoms with Gasteiger partial charge in [-0.1, -0.05) is 12.1 Å². The van der Waals surface area contributed by atoms with Crippen molar-refractivity contribution in [2.75, 3.05) is 30.9 Å². The van der Waals surface area contributed by atoms with Gasteiger partial charge in [0.25, 0.3) is 0 Å². The van der Waals surface area contributed by atoms with E-state index in [1.54, 1.807) is 0 Å². The Bertz CT molecular complexity index is 1210. The van der Waals surface area contributed by atoms with E-state index in [2.05, 4.69) is 22.0 Å². The Morgan fingerprint density at radius 2 is 1.86 bits per heavy atom. The summed E-state index contributed by atoms with van der Waals surface area (Å²) < 4.78 is 19.5. The summed E-state index contributed by atoms with van der Waals surface area (Å²) in [7, 11) is 0. The first kappa shape index (κ1) is 22.3. The molecule has 2 heterocycles. The Kier molecular flexibility index (Phi) is 6.02. The summed E-state index contributed by atoms with van der Waals surface area (Å²) in [6.45, 7) is 1.91. The standard InChI is InChI=1S/C28H33N3O4/c29-26-24-13-12-22(34-17-23-5-2-14-33-23)15-25(24)31(21-3-1-4-21)27(26)19-8-10-20(11-9-19)30-28(32)35-16-18-6-7-18/h8-13,15,18,21,23H,1-7,14,16-17,29H2,(H,30,32)/t23-/m1/s1. The maximum atomic E-state index is 12.1. The maximum absolute atomic E-state index is 12.1. The number of hydrogen-bond donors (Lipinski definition) is 2. The van der Waals surface area contributed by atoms with E-state index >= 15 is 0 Å². The Balaban J connectivity index is 1.26. The fourth-order valence-electron chi connectivity index (χ4n) is 5.03. The first-order valence-electron chi connectivity index (χ1n) is 12.9. The average Bonchev–Trinajstić information content (AvgIpc) is 3.44. The van der Waals surface area contributed by atoms with Gasteiger partial charge in [-0.25, -0.2) is 4.79 Å². The third kappa shape index (κ3) is 4.69. The summed E-state index contributed by atoms with van der Waals surface area (Å²) in [5.41, 5.74) is 11.4. The molecule has 1 aliphatic heterocycles. The number of fused-ring (bicyclic) bond motifs is 1. The van der Waals surface area contributed by atoms with Crippen LogP contribution in [0.1, 0.15) is 51.0 Å². The van der Waals surface area contributed by atoms with Gasteiger partial charge >= 0.3 is 6.09 Å². The van der Waals surface area contributed by atoms with Crippen LogP contribution in [-0.2, 0) is 9.47 Å². The van der Waals surface area contributed by atoms with Gasteiger partial charge in [-0.15, -0.1) is 0 Å². The van der Waals surface area contributed by atoms with E-state index in [1.807, 2.05) is 30.3 Å². The molecule has 7 heteroatoms. The summed E-state index contributed by atoms with van der Waals surface area (Å²) in [6, 6.07) is 14.5. The molecular formula is C28H33N3O4. The maximum Gasteiger partial charge on any atom is 0.411 e. The molecule has 35 heavy (non-hydrogen) atoms. The highest BCUT2D eigenvalue weighted by molar-refractivity contribution is 6.01. The highest BCUT2D eigenvalue weighted by Crippen LogP contribution is 2.45. The predicted octanol–water partition coefficient (Wildman–Crippen LogP) is 6.13. The molecule has 0 spiro atoms. The van der Waals surface area contributed by atoms with Gasteiger partial charge < -0.3 is 24.5 Å². The van der Waals surface area contributed by atoms with Crippen molar-refractivity contribution in [3.63, 3.8) is 0 Å². The van der Waals surface area contributed by atoms with Crippen LogP contribution in [0.15, 0.2) is 42.5 Å². The lowest BCUT2D eigenvalue weighted by Gasteiger charge is -2.30. The van der Waals surface area contributed by atoms with Gasteiger partial charge in [0.1, 0.15) is 12.4 Å². The fourth-order valence-corrected chi connectivity index (χ4v) is 5.03. The number of anilines is 2. The van der Waals surface area contributed by atoms with Crippen LogP contribution in [-0.4, -0.2) is 36.6 Å². The monoisotopic (exact) mass is 475 g/mol. The van der Waals surface area contributed by atoms with E-state index < -0.39 is 6.09 Å². The zero-order valence-corrected chi connectivity index (χ0v) is 20.0. The van der Waals surface area contributed by atoms with Gasteiger partial charge in [-0.2, -0.15) is 0 Å². The topological polar surface area (TPSA) is 87.7 Å². The van der Waals surface area contributed by atoms with E-state index in [0.717, 1.165) is 78.7 Å². The van der Waals surface area contributed by atoms with Gasteiger partial charge in [0, 0.05) is 35.4 Å². The molecule has 0 bridgehead atoms. The first-order valence-corrected chi connectivity index (χ1v) is 12.9. The van der Waals surface area contributed by atoms with Crippen LogP contribution in [0.25, 0.3) is 22.2 Å². The Labute approximate surface area is 205 Å². The van der Waals surface area contributed by atoms with Gasteiger partial charge in [-0.3, -0.25) is 5.32 Å². The molecule has 2 saturated carbocycles. The van der Waals surface area contributed by atoms with Crippen molar-refractivity contribution in [3.05, 3.63) is 42.5 Å². The van der Waals surface area contributed by atoms with Crippen molar-refractivity contribution in [1.29, 1.82) is 0 Å². The van der Waals surface area contributed by atoms with Gasteiger partial charge in [-0.05, 0) is 75.1 Å². The number of nitrogens with two attached hydrogens (primary N) is 1. The van der Waals surface area contributed by atoms with Crippen molar-refractivity contribution >= 4 is 28.4 Å². The van der Waals surface area contributed by atoms with Crippen LogP contribution in [0.4, 0.5) is 16.2 Å². The van der Waals surface area contributed by atoms with Crippen LogP contribution in [0.5, 0.6) is 5.75 Å². The summed E-state index contributed by atoms with van der Waals surface area (Å²) in [5.74, 6) is 1.39. The number of carbonyl (C=O) groups is 1. The van der Waals surface area contributed by atoms with E-state index in [9.17, 15) is 4.79 Å². The molecule has 3 aromatic rings. The highest BCUT2D eigenvalue weighted by Gasteiger charge is 2.27. The number of nitrogens with zero attached hydrogens (tertiary/aromatic N) is 1. The lowest BCUT2D eigenvalue weighted by atomic mass is 9.92. The van der Waals surface area contributed by atoms with Crippen LogP contribution >= 0.6 is 0 Å². The number of hydrogen-bond acceptors (Lipinski definition) is 5.